The lowest BCUT2D eigenvalue weighted by Crippen LogP contribution is -2.43. The molecule has 0 aliphatic carbocycles. The van der Waals surface area contributed by atoms with Crippen molar-refractivity contribution in [2.75, 3.05) is 11.5 Å². The molecule has 6 nitrogen and oxygen atoms in total. The minimum Gasteiger partial charge on any atom is -0.330 e. The molecule has 1 saturated heterocycles. The molecule has 2 heterocycles. The highest BCUT2D eigenvalue weighted by Crippen LogP contribution is 2.21. The van der Waals surface area contributed by atoms with Gasteiger partial charge < -0.3 is 9.47 Å². The smallest absolute Gasteiger partial charge is 0.263 e. The summed E-state index contributed by atoms with van der Waals surface area (Å²) in [7, 11) is -1.56. The average molecular weight is 360 g/mol. The monoisotopic (exact) mass is 360 g/mol. The molecule has 0 spiro atoms. The first-order valence-electron chi connectivity index (χ1n) is 8.08. The molecule has 0 unspecified atom stereocenters. The Hall–Kier alpha value is -2.41. The van der Waals surface area contributed by atoms with Crippen LogP contribution in [0, 0.1) is 0 Å². The van der Waals surface area contributed by atoms with Crippen LogP contribution in [0.25, 0.3) is 0 Å². The zero-order valence-electron chi connectivity index (χ0n) is 14.0. The molecule has 1 atom stereocenters. The minimum atomic E-state index is -3.14. The molecule has 1 aliphatic heterocycles. The number of carbonyl (C=O) groups excluding carboxylic acids is 1. The quantitative estimate of drug-likeness (QED) is 0.821. The number of aryl methyl sites for hydroxylation is 1. The average Bonchev–Trinajstić information content (AvgIpc) is 2.95. The van der Waals surface area contributed by atoms with E-state index in [4.69, 9.17) is 0 Å². The molecule has 1 aromatic heterocycles. The highest BCUT2D eigenvalue weighted by molar-refractivity contribution is 7.91. The molecule has 7 heteroatoms. The molecule has 0 saturated carbocycles. The lowest BCUT2D eigenvalue weighted by Gasteiger charge is -2.28. The third kappa shape index (κ3) is 3.82. The number of rotatable bonds is 4. The van der Waals surface area contributed by atoms with Gasteiger partial charge in [-0.1, -0.05) is 30.3 Å². The molecule has 1 amide bonds. The third-order valence-corrected chi connectivity index (χ3v) is 6.21. The highest BCUT2D eigenvalue weighted by atomic mass is 32.2. The second-order valence-electron chi connectivity index (χ2n) is 6.31. The van der Waals surface area contributed by atoms with E-state index in [1.165, 1.54) is 15.5 Å². The van der Waals surface area contributed by atoms with Gasteiger partial charge in [-0.2, -0.15) is 0 Å². The summed E-state index contributed by atoms with van der Waals surface area (Å²) in [6, 6.07) is 12.1. The van der Waals surface area contributed by atoms with E-state index >= 15 is 0 Å². The van der Waals surface area contributed by atoms with Gasteiger partial charge in [-0.05, 0) is 24.1 Å². The highest BCUT2D eigenvalue weighted by Gasteiger charge is 2.35. The number of carbonyl (C=O) groups is 1. The number of pyridine rings is 1. The number of amides is 1. The molecule has 3 rings (SSSR count). The topological polar surface area (TPSA) is 76.5 Å². The molecule has 0 bridgehead atoms. The normalized spacial score (nSPS) is 18.8. The predicted octanol–water partition coefficient (Wildman–Crippen LogP) is 1.21. The molecule has 2 aromatic rings. The van der Waals surface area contributed by atoms with E-state index in [1.54, 1.807) is 19.3 Å². The van der Waals surface area contributed by atoms with Crippen LogP contribution in [-0.4, -0.2) is 41.3 Å². The summed E-state index contributed by atoms with van der Waals surface area (Å²) >= 11 is 0. The number of hydrogen-bond donors (Lipinski definition) is 0. The van der Waals surface area contributed by atoms with Crippen molar-refractivity contribution in [1.82, 2.24) is 9.47 Å². The molecule has 0 radical (unpaired) electrons. The van der Waals surface area contributed by atoms with Gasteiger partial charge in [0.1, 0.15) is 5.56 Å². The van der Waals surface area contributed by atoms with Gasteiger partial charge in [-0.15, -0.1) is 0 Å². The Morgan fingerprint density at radius 2 is 1.92 bits per heavy atom. The van der Waals surface area contributed by atoms with Crippen LogP contribution in [-0.2, 0) is 23.4 Å². The molecule has 0 N–H and O–H groups in total. The van der Waals surface area contributed by atoms with Gasteiger partial charge in [-0.3, -0.25) is 9.59 Å². The summed E-state index contributed by atoms with van der Waals surface area (Å²) < 4.78 is 25.1. The van der Waals surface area contributed by atoms with Crippen LogP contribution in [0.15, 0.2) is 53.5 Å². The van der Waals surface area contributed by atoms with E-state index in [0.717, 1.165) is 5.56 Å². The van der Waals surface area contributed by atoms with Crippen molar-refractivity contribution in [3.05, 3.63) is 70.1 Å². The molecule has 1 fully saturated rings. The fourth-order valence-electron chi connectivity index (χ4n) is 3.08. The van der Waals surface area contributed by atoms with Crippen LogP contribution in [0.4, 0.5) is 0 Å². The number of aromatic nitrogens is 1. The van der Waals surface area contributed by atoms with Gasteiger partial charge in [0, 0.05) is 25.8 Å². The fourth-order valence-corrected chi connectivity index (χ4v) is 4.81. The fraction of sp³-hybridized carbons (Fsp3) is 0.333. The molecular formula is C18H20N2O4S. The van der Waals surface area contributed by atoms with E-state index in [9.17, 15) is 18.0 Å². The molecule has 25 heavy (non-hydrogen) atoms. The van der Waals surface area contributed by atoms with E-state index in [-0.39, 0.29) is 29.2 Å². The molecule has 1 aliphatic rings. The lowest BCUT2D eigenvalue weighted by molar-refractivity contribution is 0.0678. The van der Waals surface area contributed by atoms with Gasteiger partial charge >= 0.3 is 0 Å². The Morgan fingerprint density at radius 3 is 2.56 bits per heavy atom. The van der Waals surface area contributed by atoms with Gasteiger partial charge in [0.05, 0.1) is 11.5 Å². The maximum atomic E-state index is 13.0. The number of hydrogen-bond acceptors (Lipinski definition) is 4. The standard InChI is InChI=1S/C18H20N2O4S/c1-19-10-5-8-16(17(19)21)18(22)20(12-14-6-3-2-4-7-14)15-9-11-25(23,24)13-15/h2-8,10,15H,9,11-13H2,1H3/t15-/m1/s1. The first-order chi connectivity index (χ1) is 11.9. The van der Waals surface area contributed by atoms with Crippen molar-refractivity contribution in [1.29, 1.82) is 0 Å². The van der Waals surface area contributed by atoms with Crippen LogP contribution in [0.1, 0.15) is 22.3 Å². The summed E-state index contributed by atoms with van der Waals surface area (Å²) in [6.07, 6.45) is 1.98. The van der Waals surface area contributed by atoms with Crippen LogP contribution in [0.2, 0.25) is 0 Å². The van der Waals surface area contributed by atoms with Crippen LogP contribution < -0.4 is 5.56 Å². The van der Waals surface area contributed by atoms with Crippen LogP contribution in [0.3, 0.4) is 0 Å². The van der Waals surface area contributed by atoms with E-state index in [0.29, 0.717) is 6.42 Å². The summed E-state index contributed by atoms with van der Waals surface area (Å²) in [5.41, 5.74) is 0.574. The number of benzene rings is 1. The Kier molecular flexibility index (Phi) is 4.76. The van der Waals surface area contributed by atoms with Gasteiger partial charge in [0.25, 0.3) is 11.5 Å². The first-order valence-corrected chi connectivity index (χ1v) is 9.90. The van der Waals surface area contributed by atoms with E-state index in [2.05, 4.69) is 0 Å². The van der Waals surface area contributed by atoms with Crippen molar-refractivity contribution in [3.8, 4) is 0 Å². The molecule has 132 valence electrons. The van der Waals surface area contributed by atoms with Crippen LogP contribution in [0.5, 0.6) is 0 Å². The van der Waals surface area contributed by atoms with Crippen molar-refractivity contribution in [2.24, 2.45) is 7.05 Å². The maximum absolute atomic E-state index is 13.0. The SMILES string of the molecule is Cn1cccc(C(=O)N(Cc2ccccc2)[C@@H]2CCS(=O)(=O)C2)c1=O. The zero-order valence-corrected chi connectivity index (χ0v) is 14.8. The zero-order chi connectivity index (χ0) is 18.0. The third-order valence-electron chi connectivity index (χ3n) is 4.46. The maximum Gasteiger partial charge on any atom is 0.263 e. The van der Waals surface area contributed by atoms with Crippen molar-refractivity contribution in [3.63, 3.8) is 0 Å². The molecule has 1 aromatic carbocycles. The van der Waals surface area contributed by atoms with Crippen molar-refractivity contribution in [2.45, 2.75) is 19.0 Å². The Labute approximate surface area is 146 Å². The van der Waals surface area contributed by atoms with Gasteiger partial charge in [-0.25, -0.2) is 8.42 Å². The predicted molar refractivity (Wildman–Crippen MR) is 95.1 cm³/mol. The Morgan fingerprint density at radius 1 is 1.20 bits per heavy atom. The number of sulfone groups is 1. The van der Waals surface area contributed by atoms with E-state index in [1.807, 2.05) is 30.3 Å². The van der Waals surface area contributed by atoms with Crippen LogP contribution >= 0.6 is 0 Å². The Bertz CT molecular complexity index is 935. The number of nitrogens with zero attached hydrogens (tertiary/aromatic N) is 2. The summed E-state index contributed by atoms with van der Waals surface area (Å²) in [4.78, 5) is 26.9. The minimum absolute atomic E-state index is 0.0568. The van der Waals surface area contributed by atoms with E-state index < -0.39 is 21.8 Å². The van der Waals surface area contributed by atoms with Gasteiger partial charge in [0.2, 0.25) is 0 Å². The second kappa shape index (κ2) is 6.84. The summed E-state index contributed by atoms with van der Waals surface area (Å²) in [6.45, 7) is 0.276. The Balaban J connectivity index is 1.97. The summed E-state index contributed by atoms with van der Waals surface area (Å²) in [5, 5.41) is 0. The first kappa shape index (κ1) is 17.4. The largest absolute Gasteiger partial charge is 0.330 e. The van der Waals surface area contributed by atoms with Crippen molar-refractivity contribution >= 4 is 15.7 Å². The summed E-state index contributed by atoms with van der Waals surface area (Å²) in [5.74, 6) is -0.408. The molecular weight excluding hydrogens is 340 g/mol. The lowest BCUT2D eigenvalue weighted by atomic mass is 10.1. The second-order valence-corrected chi connectivity index (χ2v) is 8.54. The van der Waals surface area contributed by atoms with Crippen molar-refractivity contribution < 1.29 is 13.2 Å². The van der Waals surface area contributed by atoms with Gasteiger partial charge in [0.15, 0.2) is 9.84 Å².